The van der Waals surface area contributed by atoms with Gasteiger partial charge in [0.2, 0.25) is 0 Å². The third kappa shape index (κ3) is 4.08. The van der Waals surface area contributed by atoms with Crippen molar-refractivity contribution in [3.63, 3.8) is 0 Å². The molecule has 0 aromatic heterocycles. The van der Waals surface area contributed by atoms with E-state index in [1.54, 1.807) is 4.90 Å². The van der Waals surface area contributed by atoms with Gasteiger partial charge in [-0.15, -0.1) is 0 Å². The van der Waals surface area contributed by atoms with Crippen molar-refractivity contribution in [1.29, 1.82) is 10.5 Å². The Kier molecular flexibility index (Phi) is 5.63. The number of likely N-dealkylation sites (N-methyl/N-ethyl adjacent to an activating group) is 1. The summed E-state index contributed by atoms with van der Waals surface area (Å²) in [6, 6.07) is 3.82. The van der Waals surface area contributed by atoms with Crippen molar-refractivity contribution >= 4 is 0 Å². The van der Waals surface area contributed by atoms with Crippen molar-refractivity contribution in [2.45, 2.75) is 0 Å². The Morgan fingerprint density at radius 2 is 1.24 bits per heavy atom. The van der Waals surface area contributed by atoms with E-state index in [1.807, 2.05) is 70.3 Å². The summed E-state index contributed by atoms with van der Waals surface area (Å²) in [5, 5.41) is 17.8. The number of hydrogen-bond acceptors (Lipinski definition) is 5. The summed E-state index contributed by atoms with van der Waals surface area (Å²) in [5.41, 5.74) is 0.712. The van der Waals surface area contributed by atoms with Gasteiger partial charge in [-0.25, -0.2) is 0 Å². The lowest BCUT2D eigenvalue weighted by atomic mass is 10.2. The Balaban J connectivity index is 5.71. The molecule has 0 amide bonds. The van der Waals surface area contributed by atoms with Crippen molar-refractivity contribution in [2.75, 3.05) is 42.3 Å². The molecule has 0 saturated carbocycles. The summed E-state index contributed by atoms with van der Waals surface area (Å²) in [4.78, 5) is 5.61. The fourth-order valence-corrected chi connectivity index (χ4v) is 1.34. The van der Waals surface area contributed by atoms with Crippen LogP contribution in [-0.2, 0) is 0 Å². The van der Waals surface area contributed by atoms with Gasteiger partial charge in [-0.3, -0.25) is 0 Å². The molecule has 0 atom stereocenters. The maximum atomic E-state index is 8.92. The van der Waals surface area contributed by atoms with Gasteiger partial charge in [-0.05, 0) is 0 Å². The highest BCUT2D eigenvalue weighted by Gasteiger charge is 2.10. The van der Waals surface area contributed by atoms with Gasteiger partial charge < -0.3 is 14.7 Å². The first kappa shape index (κ1) is 14.9. The predicted octanol–water partition coefficient (Wildman–Crippen LogP) is 0.814. The molecule has 0 fully saturated rings. The van der Waals surface area contributed by atoms with Crippen molar-refractivity contribution in [1.82, 2.24) is 14.7 Å². The molecule has 0 aliphatic heterocycles. The van der Waals surface area contributed by atoms with Crippen LogP contribution in [0.5, 0.6) is 0 Å². The monoisotopic (exact) mass is 233 g/mol. The standard InChI is InChI=1S/C12H19N5/c1-15(2)11(10(8-13)9-14)7-12(16(3)4)17(5)6/h7H,1-6H3. The van der Waals surface area contributed by atoms with Crippen LogP contribution in [0.2, 0.25) is 0 Å². The zero-order valence-electron chi connectivity index (χ0n) is 11.3. The molecule has 0 aromatic rings. The minimum atomic E-state index is 0.108. The van der Waals surface area contributed by atoms with Crippen LogP contribution in [0.4, 0.5) is 0 Å². The summed E-state index contributed by atoms with van der Waals surface area (Å²) >= 11 is 0. The molecule has 0 saturated heterocycles. The molecule has 17 heavy (non-hydrogen) atoms. The summed E-state index contributed by atoms with van der Waals surface area (Å²) in [6.07, 6.45) is 1.82. The maximum Gasteiger partial charge on any atom is 0.153 e. The maximum absolute atomic E-state index is 8.92. The molecule has 0 aliphatic carbocycles. The largest absolute Gasteiger partial charge is 0.376 e. The van der Waals surface area contributed by atoms with Gasteiger partial charge in [0, 0.05) is 48.4 Å². The molecule has 92 valence electrons. The molecule has 0 spiro atoms. The van der Waals surface area contributed by atoms with E-state index in [0.717, 1.165) is 5.82 Å². The second kappa shape index (κ2) is 6.44. The first-order valence-electron chi connectivity index (χ1n) is 5.13. The van der Waals surface area contributed by atoms with E-state index >= 15 is 0 Å². The van der Waals surface area contributed by atoms with Crippen LogP contribution in [0.15, 0.2) is 23.2 Å². The molecule has 5 heteroatoms. The molecule has 5 nitrogen and oxygen atoms in total. The van der Waals surface area contributed by atoms with Gasteiger partial charge in [0.15, 0.2) is 5.57 Å². The third-order valence-electron chi connectivity index (χ3n) is 2.14. The van der Waals surface area contributed by atoms with E-state index in [1.165, 1.54) is 0 Å². The molecule has 0 aliphatic rings. The first-order valence-corrected chi connectivity index (χ1v) is 5.13. The highest BCUT2D eigenvalue weighted by Crippen LogP contribution is 2.13. The third-order valence-corrected chi connectivity index (χ3v) is 2.14. The zero-order valence-corrected chi connectivity index (χ0v) is 11.3. The number of nitriles is 2. The Hall–Kier alpha value is -2.14. The summed E-state index contributed by atoms with van der Waals surface area (Å²) in [6.45, 7) is 0. The van der Waals surface area contributed by atoms with Crippen molar-refractivity contribution in [3.05, 3.63) is 23.2 Å². The fraction of sp³-hybridized carbons (Fsp3) is 0.500. The SMILES string of the molecule is CN(C)C(=CC(=C(C#N)C#N)N(C)C)N(C)C. The topological polar surface area (TPSA) is 57.3 Å². The number of nitrogens with zero attached hydrogens (tertiary/aromatic N) is 5. The summed E-state index contributed by atoms with van der Waals surface area (Å²) in [7, 11) is 11.3. The number of allylic oxidation sites excluding steroid dienone is 2. The average Bonchev–Trinajstić information content (AvgIpc) is 2.22. The second-order valence-corrected chi connectivity index (χ2v) is 4.17. The number of rotatable bonds is 4. The smallest absolute Gasteiger partial charge is 0.153 e. The van der Waals surface area contributed by atoms with E-state index in [4.69, 9.17) is 10.5 Å². The van der Waals surface area contributed by atoms with Gasteiger partial charge in [-0.2, -0.15) is 10.5 Å². The normalized spacial score (nSPS) is 8.47. The second-order valence-electron chi connectivity index (χ2n) is 4.17. The Bertz CT molecular complexity index is 376. The van der Waals surface area contributed by atoms with E-state index < -0.39 is 0 Å². The summed E-state index contributed by atoms with van der Waals surface area (Å²) < 4.78 is 0. The Labute approximate surface area is 103 Å². The van der Waals surface area contributed by atoms with Crippen LogP contribution in [0.25, 0.3) is 0 Å². The van der Waals surface area contributed by atoms with Crippen molar-refractivity contribution in [3.8, 4) is 12.1 Å². The summed E-state index contributed by atoms with van der Waals surface area (Å²) in [5.74, 6) is 0.914. The zero-order chi connectivity index (χ0) is 13.6. The fourth-order valence-electron chi connectivity index (χ4n) is 1.34. The molecule has 0 N–H and O–H groups in total. The minimum absolute atomic E-state index is 0.108. The molecule has 0 heterocycles. The van der Waals surface area contributed by atoms with E-state index in [2.05, 4.69) is 0 Å². The van der Waals surface area contributed by atoms with Crippen LogP contribution in [0.1, 0.15) is 0 Å². The lowest BCUT2D eigenvalue weighted by molar-refractivity contribution is 0.339. The van der Waals surface area contributed by atoms with Crippen LogP contribution < -0.4 is 0 Å². The van der Waals surface area contributed by atoms with Gasteiger partial charge in [-0.1, -0.05) is 0 Å². The van der Waals surface area contributed by atoms with Crippen LogP contribution >= 0.6 is 0 Å². The highest BCUT2D eigenvalue weighted by atomic mass is 15.3. The lowest BCUT2D eigenvalue weighted by Gasteiger charge is -2.26. The van der Waals surface area contributed by atoms with Crippen molar-refractivity contribution in [2.24, 2.45) is 0 Å². The highest BCUT2D eigenvalue weighted by molar-refractivity contribution is 5.44. The molecule has 0 bridgehead atoms. The van der Waals surface area contributed by atoms with Gasteiger partial charge in [0.05, 0.1) is 5.70 Å². The lowest BCUT2D eigenvalue weighted by Crippen LogP contribution is -2.26. The van der Waals surface area contributed by atoms with Crippen molar-refractivity contribution < 1.29 is 0 Å². The Morgan fingerprint density at radius 3 is 1.47 bits per heavy atom. The quantitative estimate of drug-likeness (QED) is 0.531. The van der Waals surface area contributed by atoms with E-state index in [9.17, 15) is 0 Å². The molecule has 0 radical (unpaired) electrons. The van der Waals surface area contributed by atoms with E-state index in [0.29, 0.717) is 5.70 Å². The first-order chi connectivity index (χ1) is 7.84. The predicted molar refractivity (Wildman–Crippen MR) is 67.4 cm³/mol. The molecular formula is C12H19N5. The number of hydrogen-bond donors (Lipinski definition) is 0. The van der Waals surface area contributed by atoms with Gasteiger partial charge >= 0.3 is 0 Å². The van der Waals surface area contributed by atoms with Crippen LogP contribution in [0, 0.1) is 22.7 Å². The average molecular weight is 233 g/mol. The minimum Gasteiger partial charge on any atom is -0.376 e. The Morgan fingerprint density at radius 1 is 0.824 bits per heavy atom. The van der Waals surface area contributed by atoms with Crippen LogP contribution in [-0.4, -0.2) is 57.0 Å². The molecular weight excluding hydrogens is 214 g/mol. The molecule has 0 unspecified atom stereocenters. The van der Waals surface area contributed by atoms with Gasteiger partial charge in [0.1, 0.15) is 18.0 Å². The molecule has 0 aromatic carbocycles. The van der Waals surface area contributed by atoms with Gasteiger partial charge in [0.25, 0.3) is 0 Å². The van der Waals surface area contributed by atoms with Crippen LogP contribution in [0.3, 0.4) is 0 Å². The molecule has 0 rings (SSSR count). The van der Waals surface area contributed by atoms with E-state index in [-0.39, 0.29) is 5.57 Å².